The predicted molar refractivity (Wildman–Crippen MR) is 114 cm³/mol. The molecule has 7 heteroatoms. The van der Waals surface area contributed by atoms with Gasteiger partial charge in [0.05, 0.1) is 17.4 Å². The number of carbonyl (C=O) groups excluding carboxylic acids is 1. The fourth-order valence-corrected chi connectivity index (χ4v) is 4.66. The molecule has 1 heterocycles. The van der Waals surface area contributed by atoms with Gasteiger partial charge in [-0.2, -0.15) is 0 Å². The van der Waals surface area contributed by atoms with E-state index in [0.717, 1.165) is 19.5 Å². The monoisotopic (exact) mass is 415 g/mol. The number of nitrogens with zero attached hydrogens (tertiary/aromatic N) is 3. The van der Waals surface area contributed by atoms with Crippen molar-refractivity contribution < 1.29 is 9.72 Å². The Hall–Kier alpha value is -2.44. The molecule has 0 aromatic heterocycles. The molecule has 2 aromatic rings. The minimum absolute atomic E-state index is 0. The molecule has 1 aliphatic carbocycles. The zero-order valence-corrected chi connectivity index (χ0v) is 17.3. The molecule has 0 spiro atoms. The summed E-state index contributed by atoms with van der Waals surface area (Å²) in [6.45, 7) is 2.17. The van der Waals surface area contributed by atoms with Crippen molar-refractivity contribution in [3.05, 3.63) is 75.3 Å². The van der Waals surface area contributed by atoms with E-state index in [1.165, 1.54) is 36.1 Å². The molecule has 0 bridgehead atoms. The Kier molecular flexibility index (Phi) is 6.55. The number of nitro groups is 1. The van der Waals surface area contributed by atoms with Gasteiger partial charge < -0.3 is 4.90 Å². The SMILES string of the molecule is CN(C(=O)Cc1cccc([N+](=O)[O-])c1)[C@H]1c2ccccc2C[C@@H]1N1CCCC1.Cl. The number of rotatable bonds is 5. The maximum Gasteiger partial charge on any atom is 0.269 e. The van der Waals surface area contributed by atoms with Crippen LogP contribution in [0.3, 0.4) is 0 Å². The standard InChI is InChI=1S/C22H25N3O3.ClH/c1-23(21(26)14-16-7-6-9-18(13-16)25(27)28)22-19-10-3-2-8-17(19)15-20(22)24-11-4-5-12-24;/h2-3,6-10,13,20,22H,4-5,11-12,14-15H2,1H3;1H/t20-,22-;/m0./s1. The quantitative estimate of drug-likeness (QED) is 0.550. The van der Waals surface area contributed by atoms with Crippen LogP contribution in [0.1, 0.15) is 35.6 Å². The Balaban J connectivity index is 0.00000240. The first-order valence-corrected chi connectivity index (χ1v) is 9.85. The summed E-state index contributed by atoms with van der Waals surface area (Å²) in [5.41, 5.74) is 3.25. The van der Waals surface area contributed by atoms with Gasteiger partial charge in [0.1, 0.15) is 0 Å². The van der Waals surface area contributed by atoms with Crippen molar-refractivity contribution in [1.82, 2.24) is 9.80 Å². The summed E-state index contributed by atoms with van der Waals surface area (Å²) in [6, 6.07) is 15.1. The molecule has 6 nitrogen and oxygen atoms in total. The predicted octanol–water partition coefficient (Wildman–Crippen LogP) is 3.78. The lowest BCUT2D eigenvalue weighted by molar-refractivity contribution is -0.384. The van der Waals surface area contributed by atoms with Gasteiger partial charge in [-0.05, 0) is 49.0 Å². The van der Waals surface area contributed by atoms with Crippen LogP contribution in [-0.4, -0.2) is 46.8 Å². The summed E-state index contributed by atoms with van der Waals surface area (Å²) in [6.07, 6.45) is 3.56. The second kappa shape index (κ2) is 8.93. The average molecular weight is 416 g/mol. The number of hydrogen-bond donors (Lipinski definition) is 0. The Morgan fingerprint density at radius 2 is 1.90 bits per heavy atom. The molecule has 0 saturated carbocycles. The van der Waals surface area contributed by atoms with Gasteiger partial charge in [0, 0.05) is 25.2 Å². The number of benzene rings is 2. The summed E-state index contributed by atoms with van der Waals surface area (Å²) in [7, 11) is 1.87. The van der Waals surface area contributed by atoms with Crippen LogP contribution in [0.15, 0.2) is 48.5 Å². The maximum absolute atomic E-state index is 13.1. The van der Waals surface area contributed by atoms with Gasteiger partial charge in [0.25, 0.3) is 5.69 Å². The third kappa shape index (κ3) is 4.28. The van der Waals surface area contributed by atoms with Gasteiger partial charge in [-0.3, -0.25) is 19.8 Å². The minimum Gasteiger partial charge on any atom is -0.337 e. The highest BCUT2D eigenvalue weighted by atomic mass is 35.5. The molecule has 1 amide bonds. The van der Waals surface area contributed by atoms with Crippen LogP contribution in [0.5, 0.6) is 0 Å². The van der Waals surface area contributed by atoms with Crippen molar-refractivity contribution in [3.8, 4) is 0 Å². The fourth-order valence-electron chi connectivity index (χ4n) is 4.66. The van der Waals surface area contributed by atoms with E-state index >= 15 is 0 Å². The number of likely N-dealkylation sites (tertiary alicyclic amines) is 1. The van der Waals surface area contributed by atoms with Crippen molar-refractivity contribution >= 4 is 24.0 Å². The highest BCUT2D eigenvalue weighted by molar-refractivity contribution is 5.85. The van der Waals surface area contributed by atoms with Gasteiger partial charge in [0.15, 0.2) is 0 Å². The van der Waals surface area contributed by atoms with Gasteiger partial charge in [0.2, 0.25) is 5.91 Å². The van der Waals surface area contributed by atoms with Crippen LogP contribution in [0.2, 0.25) is 0 Å². The first kappa shape index (κ1) is 21.3. The minimum atomic E-state index is -0.422. The van der Waals surface area contributed by atoms with Crippen molar-refractivity contribution in [3.63, 3.8) is 0 Å². The summed E-state index contributed by atoms with van der Waals surface area (Å²) >= 11 is 0. The lowest BCUT2D eigenvalue weighted by Gasteiger charge is -2.35. The number of amides is 1. The van der Waals surface area contributed by atoms with Gasteiger partial charge in [-0.25, -0.2) is 0 Å². The normalized spacial score (nSPS) is 20.7. The topological polar surface area (TPSA) is 66.7 Å². The highest BCUT2D eigenvalue weighted by Gasteiger charge is 2.40. The van der Waals surface area contributed by atoms with Crippen LogP contribution in [0, 0.1) is 10.1 Å². The van der Waals surface area contributed by atoms with E-state index in [4.69, 9.17) is 0 Å². The van der Waals surface area contributed by atoms with E-state index in [2.05, 4.69) is 23.1 Å². The second-order valence-corrected chi connectivity index (χ2v) is 7.77. The Morgan fingerprint density at radius 1 is 1.17 bits per heavy atom. The maximum atomic E-state index is 13.1. The number of halogens is 1. The number of carbonyl (C=O) groups is 1. The molecule has 2 aromatic carbocycles. The van der Waals surface area contributed by atoms with Crippen LogP contribution < -0.4 is 0 Å². The van der Waals surface area contributed by atoms with E-state index in [1.54, 1.807) is 12.1 Å². The Bertz CT molecular complexity index is 898. The summed E-state index contributed by atoms with van der Waals surface area (Å²) in [4.78, 5) is 28.1. The molecule has 29 heavy (non-hydrogen) atoms. The number of fused-ring (bicyclic) bond motifs is 1. The Morgan fingerprint density at radius 3 is 2.62 bits per heavy atom. The smallest absolute Gasteiger partial charge is 0.269 e. The summed E-state index contributed by atoms with van der Waals surface area (Å²) < 4.78 is 0. The number of non-ortho nitro benzene ring substituents is 1. The van der Waals surface area contributed by atoms with Crippen LogP contribution >= 0.6 is 12.4 Å². The van der Waals surface area contributed by atoms with Crippen molar-refractivity contribution in [1.29, 1.82) is 0 Å². The third-order valence-corrected chi connectivity index (χ3v) is 6.06. The Labute approximate surface area is 177 Å². The molecule has 0 unspecified atom stereocenters. The lowest BCUT2D eigenvalue weighted by Crippen LogP contribution is -2.44. The molecule has 1 aliphatic heterocycles. The average Bonchev–Trinajstić information content (AvgIpc) is 3.35. The molecule has 0 radical (unpaired) electrons. The molecule has 154 valence electrons. The molecular formula is C22H26ClN3O3. The van der Waals surface area contributed by atoms with Gasteiger partial charge in [-0.15, -0.1) is 12.4 Å². The molecule has 1 saturated heterocycles. The highest BCUT2D eigenvalue weighted by Crippen LogP contribution is 2.39. The van der Waals surface area contributed by atoms with Crippen LogP contribution in [0.4, 0.5) is 5.69 Å². The number of nitro benzene ring substituents is 1. The van der Waals surface area contributed by atoms with Crippen LogP contribution in [-0.2, 0) is 17.6 Å². The molecule has 4 rings (SSSR count). The molecular weight excluding hydrogens is 390 g/mol. The van der Waals surface area contributed by atoms with E-state index < -0.39 is 4.92 Å². The third-order valence-electron chi connectivity index (χ3n) is 6.06. The zero-order chi connectivity index (χ0) is 19.7. The van der Waals surface area contributed by atoms with Crippen molar-refractivity contribution in [2.75, 3.05) is 20.1 Å². The largest absolute Gasteiger partial charge is 0.337 e. The number of likely N-dealkylation sites (N-methyl/N-ethyl adjacent to an activating group) is 1. The first-order valence-electron chi connectivity index (χ1n) is 9.85. The van der Waals surface area contributed by atoms with Gasteiger partial charge >= 0.3 is 0 Å². The van der Waals surface area contributed by atoms with Crippen molar-refractivity contribution in [2.45, 2.75) is 37.8 Å². The van der Waals surface area contributed by atoms with E-state index in [9.17, 15) is 14.9 Å². The van der Waals surface area contributed by atoms with E-state index in [-0.39, 0.29) is 36.5 Å². The molecule has 0 N–H and O–H groups in total. The lowest BCUT2D eigenvalue weighted by atomic mass is 10.0. The first-order chi connectivity index (χ1) is 13.5. The second-order valence-electron chi connectivity index (χ2n) is 7.77. The summed E-state index contributed by atoms with van der Waals surface area (Å²) in [5.74, 6) is -0.00796. The van der Waals surface area contributed by atoms with E-state index in [0.29, 0.717) is 11.6 Å². The van der Waals surface area contributed by atoms with Crippen molar-refractivity contribution in [2.24, 2.45) is 0 Å². The molecule has 1 fully saturated rings. The molecule has 2 atom stereocenters. The molecule has 2 aliphatic rings. The van der Waals surface area contributed by atoms with E-state index in [1.807, 2.05) is 18.0 Å². The fraction of sp³-hybridized carbons (Fsp3) is 0.409. The number of hydrogen-bond acceptors (Lipinski definition) is 4. The van der Waals surface area contributed by atoms with Crippen LogP contribution in [0.25, 0.3) is 0 Å². The van der Waals surface area contributed by atoms with Gasteiger partial charge in [-0.1, -0.05) is 36.4 Å². The zero-order valence-electron chi connectivity index (χ0n) is 16.5. The summed E-state index contributed by atoms with van der Waals surface area (Å²) in [5, 5.41) is 11.0.